The van der Waals surface area contributed by atoms with E-state index >= 15 is 0 Å². The van der Waals surface area contributed by atoms with Gasteiger partial charge in [0.25, 0.3) is 0 Å². The Kier molecular flexibility index (Phi) is 3.83. The largest absolute Gasteiger partial charge is 0.326 e. The average molecular weight is 248 g/mol. The fourth-order valence-corrected chi connectivity index (χ4v) is 1.94. The van der Waals surface area contributed by atoms with Crippen molar-refractivity contribution in [1.82, 2.24) is 10.9 Å². The van der Waals surface area contributed by atoms with Gasteiger partial charge < -0.3 is 11.2 Å². The SMILES string of the molecule is CCc1ccc(C2=NC(C=S)NN2)c(CN)c1. The number of hydrogen-bond acceptors (Lipinski definition) is 5. The van der Waals surface area contributed by atoms with Gasteiger partial charge in [-0.25, -0.2) is 10.4 Å². The number of benzene rings is 1. The molecule has 0 radical (unpaired) electrons. The van der Waals surface area contributed by atoms with Crippen molar-refractivity contribution in [1.29, 1.82) is 0 Å². The van der Waals surface area contributed by atoms with E-state index in [9.17, 15) is 0 Å². The van der Waals surface area contributed by atoms with Gasteiger partial charge in [-0.15, -0.1) is 0 Å². The molecule has 0 amide bonds. The van der Waals surface area contributed by atoms with Crippen molar-refractivity contribution in [2.24, 2.45) is 10.7 Å². The van der Waals surface area contributed by atoms with Crippen molar-refractivity contribution < 1.29 is 0 Å². The smallest absolute Gasteiger partial charge is 0.147 e. The lowest BCUT2D eigenvalue weighted by Crippen LogP contribution is -2.36. The van der Waals surface area contributed by atoms with Crippen molar-refractivity contribution in [2.75, 3.05) is 0 Å². The summed E-state index contributed by atoms with van der Waals surface area (Å²) in [7, 11) is 0. The summed E-state index contributed by atoms with van der Waals surface area (Å²) in [5, 5.41) is 1.59. The molecule has 0 saturated heterocycles. The number of thiocarbonyl (C=S) groups is 1. The molecule has 1 aromatic rings. The first-order valence-corrected chi connectivity index (χ1v) is 6.12. The molecular weight excluding hydrogens is 232 g/mol. The lowest BCUT2D eigenvalue weighted by molar-refractivity contribution is 0.671. The van der Waals surface area contributed by atoms with Crippen LogP contribution >= 0.6 is 12.2 Å². The summed E-state index contributed by atoms with van der Waals surface area (Å²) in [5.74, 6) is 0.805. The van der Waals surface area contributed by atoms with Gasteiger partial charge in [0.1, 0.15) is 12.0 Å². The number of aryl methyl sites for hydroxylation is 1. The number of amidine groups is 1. The van der Waals surface area contributed by atoms with E-state index in [1.54, 1.807) is 5.37 Å². The van der Waals surface area contributed by atoms with E-state index in [-0.39, 0.29) is 6.17 Å². The molecule has 1 aliphatic rings. The Bertz CT molecular complexity index is 456. The number of rotatable bonds is 4. The van der Waals surface area contributed by atoms with Crippen LogP contribution in [0.5, 0.6) is 0 Å². The number of nitrogens with two attached hydrogens (primary N) is 1. The van der Waals surface area contributed by atoms with Crippen LogP contribution in [0.3, 0.4) is 0 Å². The molecule has 1 unspecified atom stereocenters. The zero-order valence-corrected chi connectivity index (χ0v) is 10.6. The topological polar surface area (TPSA) is 62.4 Å². The summed E-state index contributed by atoms with van der Waals surface area (Å²) in [6, 6.07) is 6.29. The predicted octanol–water partition coefficient (Wildman–Crippen LogP) is 0.888. The van der Waals surface area contributed by atoms with Crippen molar-refractivity contribution >= 4 is 23.4 Å². The van der Waals surface area contributed by atoms with Gasteiger partial charge in [-0.1, -0.05) is 37.3 Å². The van der Waals surface area contributed by atoms with Crippen LogP contribution in [0.1, 0.15) is 23.6 Å². The van der Waals surface area contributed by atoms with E-state index in [4.69, 9.17) is 18.0 Å². The molecular formula is C12H16N4S. The zero-order valence-electron chi connectivity index (χ0n) is 9.73. The lowest BCUT2D eigenvalue weighted by Gasteiger charge is -2.09. The van der Waals surface area contributed by atoms with Gasteiger partial charge in [-0.2, -0.15) is 0 Å². The summed E-state index contributed by atoms with van der Waals surface area (Å²) in [4.78, 5) is 4.42. The number of hydrazine groups is 1. The normalized spacial score (nSPS) is 18.7. The van der Waals surface area contributed by atoms with E-state index < -0.39 is 0 Å². The van der Waals surface area contributed by atoms with Crippen molar-refractivity contribution in [3.05, 3.63) is 34.9 Å². The summed E-state index contributed by atoms with van der Waals surface area (Å²) in [5.41, 5.74) is 15.2. The molecule has 2 rings (SSSR count). The van der Waals surface area contributed by atoms with Gasteiger partial charge in [0, 0.05) is 17.5 Å². The average Bonchev–Trinajstić information content (AvgIpc) is 2.86. The zero-order chi connectivity index (χ0) is 12.3. The van der Waals surface area contributed by atoms with Crippen LogP contribution in [0.2, 0.25) is 0 Å². The monoisotopic (exact) mass is 248 g/mol. The summed E-state index contributed by atoms with van der Waals surface area (Å²) in [6.45, 7) is 2.64. The van der Waals surface area contributed by atoms with Gasteiger partial charge in [0.05, 0.1) is 0 Å². The maximum atomic E-state index is 5.78. The molecule has 4 N–H and O–H groups in total. The van der Waals surface area contributed by atoms with Gasteiger partial charge in [-0.05, 0) is 17.5 Å². The van der Waals surface area contributed by atoms with E-state index in [2.05, 4.69) is 41.0 Å². The van der Waals surface area contributed by atoms with Crippen LogP contribution in [0, 0.1) is 0 Å². The minimum Gasteiger partial charge on any atom is -0.326 e. The quantitative estimate of drug-likeness (QED) is 0.692. The number of hydrogen-bond donors (Lipinski definition) is 3. The van der Waals surface area contributed by atoms with Crippen molar-refractivity contribution in [3.8, 4) is 0 Å². The Morgan fingerprint density at radius 2 is 2.35 bits per heavy atom. The fourth-order valence-electron chi connectivity index (χ4n) is 1.81. The van der Waals surface area contributed by atoms with Gasteiger partial charge in [0.15, 0.2) is 0 Å². The van der Waals surface area contributed by atoms with Crippen LogP contribution in [-0.4, -0.2) is 17.4 Å². The highest BCUT2D eigenvalue weighted by Gasteiger charge is 2.17. The summed E-state index contributed by atoms with van der Waals surface area (Å²) >= 11 is 4.86. The van der Waals surface area contributed by atoms with E-state index in [0.29, 0.717) is 6.54 Å². The fraction of sp³-hybridized carbons (Fsp3) is 0.333. The van der Waals surface area contributed by atoms with E-state index in [1.807, 2.05) is 0 Å². The standard InChI is InChI=1S/C12H16N4S/c1-2-8-3-4-10(9(5-8)6-13)12-14-11(7-17)15-16-12/h3-5,7,11,15H,2,6,13H2,1H3,(H,14,16). The summed E-state index contributed by atoms with van der Waals surface area (Å²) in [6.07, 6.45) is 0.866. The minimum atomic E-state index is -0.142. The molecule has 0 bridgehead atoms. The molecule has 17 heavy (non-hydrogen) atoms. The molecule has 1 heterocycles. The van der Waals surface area contributed by atoms with E-state index in [0.717, 1.165) is 23.4 Å². The molecule has 0 aromatic heterocycles. The van der Waals surface area contributed by atoms with Gasteiger partial charge in [-0.3, -0.25) is 0 Å². The Hall–Kier alpha value is -1.30. The third kappa shape index (κ3) is 2.52. The van der Waals surface area contributed by atoms with Crippen LogP contribution in [0.4, 0.5) is 0 Å². The maximum Gasteiger partial charge on any atom is 0.147 e. The molecule has 90 valence electrons. The van der Waals surface area contributed by atoms with Crippen molar-refractivity contribution in [3.63, 3.8) is 0 Å². The highest BCUT2D eigenvalue weighted by atomic mass is 32.1. The summed E-state index contributed by atoms with van der Waals surface area (Å²) < 4.78 is 0. The molecule has 1 aliphatic heterocycles. The number of nitrogens with zero attached hydrogens (tertiary/aromatic N) is 1. The van der Waals surface area contributed by atoms with Crippen LogP contribution in [-0.2, 0) is 13.0 Å². The first-order chi connectivity index (χ1) is 8.28. The van der Waals surface area contributed by atoms with Gasteiger partial charge in [0.2, 0.25) is 0 Å². The first kappa shape index (κ1) is 12.2. The van der Waals surface area contributed by atoms with Crippen LogP contribution in [0.15, 0.2) is 23.2 Å². The molecule has 1 aromatic carbocycles. The second-order valence-electron chi connectivity index (χ2n) is 3.88. The van der Waals surface area contributed by atoms with E-state index in [1.165, 1.54) is 5.56 Å². The third-order valence-electron chi connectivity index (χ3n) is 2.79. The third-order valence-corrected chi connectivity index (χ3v) is 3.05. The Morgan fingerprint density at radius 1 is 1.53 bits per heavy atom. The Morgan fingerprint density at radius 3 is 2.94 bits per heavy atom. The molecule has 4 nitrogen and oxygen atoms in total. The lowest BCUT2D eigenvalue weighted by atomic mass is 10.0. The Labute approximate surface area is 106 Å². The Balaban J connectivity index is 2.35. The van der Waals surface area contributed by atoms with Crippen molar-refractivity contribution in [2.45, 2.75) is 26.1 Å². The first-order valence-electron chi connectivity index (χ1n) is 5.65. The van der Waals surface area contributed by atoms with Crippen LogP contribution in [0.25, 0.3) is 0 Å². The molecule has 1 atom stereocenters. The highest BCUT2D eigenvalue weighted by Crippen LogP contribution is 2.14. The maximum absolute atomic E-state index is 5.78. The second-order valence-corrected chi connectivity index (χ2v) is 4.15. The number of nitrogens with one attached hydrogen (secondary N) is 2. The number of aliphatic imine (C=N–C) groups is 1. The molecule has 5 heteroatoms. The van der Waals surface area contributed by atoms with Gasteiger partial charge >= 0.3 is 0 Å². The predicted molar refractivity (Wildman–Crippen MR) is 74.0 cm³/mol. The van der Waals surface area contributed by atoms with Crippen LogP contribution < -0.4 is 16.6 Å². The second kappa shape index (κ2) is 5.35. The molecule has 0 fully saturated rings. The highest BCUT2D eigenvalue weighted by molar-refractivity contribution is 7.79. The molecule has 0 saturated carbocycles. The molecule has 0 spiro atoms. The molecule has 0 aliphatic carbocycles. The minimum absolute atomic E-state index is 0.142.